The fourth-order valence-electron chi connectivity index (χ4n) is 2.12. The van der Waals surface area contributed by atoms with E-state index in [-0.39, 0.29) is 0 Å². The summed E-state index contributed by atoms with van der Waals surface area (Å²) in [6.45, 7) is 2.02. The second kappa shape index (κ2) is 5.27. The Morgan fingerprint density at radius 1 is 1.00 bits per heavy atom. The summed E-state index contributed by atoms with van der Waals surface area (Å²) in [6.07, 6.45) is 0.850. The summed E-state index contributed by atoms with van der Waals surface area (Å²) < 4.78 is 1.66. The molecule has 0 saturated carbocycles. The van der Waals surface area contributed by atoms with Crippen molar-refractivity contribution in [2.45, 2.75) is 13.0 Å². The van der Waals surface area contributed by atoms with Crippen molar-refractivity contribution in [3.63, 3.8) is 0 Å². The number of para-hydroxylation sites is 1. The summed E-state index contributed by atoms with van der Waals surface area (Å²) in [5.41, 5.74) is 3.52. The van der Waals surface area contributed by atoms with Crippen molar-refractivity contribution in [3.05, 3.63) is 77.6 Å². The maximum absolute atomic E-state index is 10.5. The van der Waals surface area contributed by atoms with Crippen molar-refractivity contribution < 1.29 is 5.11 Å². The highest BCUT2D eigenvalue weighted by Gasteiger charge is 2.17. The Hall–Kier alpha value is -2.46. The van der Waals surface area contributed by atoms with E-state index in [0.717, 1.165) is 16.8 Å². The molecule has 1 N–H and O–H groups in total. The van der Waals surface area contributed by atoms with Gasteiger partial charge in [-0.05, 0) is 24.6 Å². The van der Waals surface area contributed by atoms with Gasteiger partial charge in [-0.1, -0.05) is 53.2 Å². The molecule has 0 amide bonds. The normalized spacial score (nSPS) is 12.3. The zero-order chi connectivity index (χ0) is 13.9. The minimum Gasteiger partial charge on any atom is -0.382 e. The number of benzene rings is 2. The number of rotatable bonds is 3. The lowest BCUT2D eigenvalue weighted by Crippen LogP contribution is -2.08. The van der Waals surface area contributed by atoms with Crippen LogP contribution in [0, 0.1) is 6.92 Å². The highest BCUT2D eigenvalue weighted by Crippen LogP contribution is 2.23. The van der Waals surface area contributed by atoms with Gasteiger partial charge in [-0.3, -0.25) is 0 Å². The second-order valence-corrected chi connectivity index (χ2v) is 4.72. The van der Waals surface area contributed by atoms with Gasteiger partial charge in [-0.25, -0.2) is 4.68 Å². The van der Waals surface area contributed by atoms with Crippen molar-refractivity contribution in [2.75, 3.05) is 0 Å². The number of aliphatic hydroxyl groups excluding tert-OH is 1. The number of hydrogen-bond acceptors (Lipinski definition) is 3. The predicted molar refractivity (Wildman–Crippen MR) is 76.6 cm³/mol. The van der Waals surface area contributed by atoms with E-state index in [1.54, 1.807) is 10.9 Å². The third-order valence-electron chi connectivity index (χ3n) is 3.25. The quantitative estimate of drug-likeness (QED) is 0.792. The average molecular weight is 265 g/mol. The molecule has 0 spiro atoms. The number of aromatic nitrogens is 3. The lowest BCUT2D eigenvalue weighted by Gasteiger charge is -2.13. The highest BCUT2D eigenvalue weighted by atomic mass is 16.3. The Labute approximate surface area is 117 Å². The number of aryl methyl sites for hydroxylation is 1. The zero-order valence-corrected chi connectivity index (χ0v) is 11.1. The van der Waals surface area contributed by atoms with Crippen molar-refractivity contribution in [1.82, 2.24) is 15.0 Å². The molecule has 3 rings (SSSR count). The van der Waals surface area contributed by atoms with Crippen LogP contribution in [0.4, 0.5) is 0 Å². The zero-order valence-electron chi connectivity index (χ0n) is 11.1. The first-order chi connectivity index (χ1) is 9.75. The van der Waals surface area contributed by atoms with Gasteiger partial charge in [0.2, 0.25) is 0 Å². The first kappa shape index (κ1) is 12.6. The lowest BCUT2D eigenvalue weighted by molar-refractivity contribution is 0.212. The summed E-state index contributed by atoms with van der Waals surface area (Å²) in [5, 5.41) is 18.5. The summed E-state index contributed by atoms with van der Waals surface area (Å²) >= 11 is 0. The van der Waals surface area contributed by atoms with Gasteiger partial charge < -0.3 is 5.11 Å². The first-order valence-electron chi connectivity index (χ1n) is 6.46. The molecule has 1 unspecified atom stereocenters. The van der Waals surface area contributed by atoms with Crippen LogP contribution in [-0.2, 0) is 0 Å². The van der Waals surface area contributed by atoms with E-state index in [0.29, 0.717) is 5.69 Å². The number of hydrogen-bond donors (Lipinski definition) is 1. The Morgan fingerprint density at radius 2 is 1.70 bits per heavy atom. The van der Waals surface area contributed by atoms with Crippen LogP contribution >= 0.6 is 0 Å². The Balaban J connectivity index is 1.99. The molecular formula is C16H15N3O. The fourth-order valence-corrected chi connectivity index (χ4v) is 2.12. The van der Waals surface area contributed by atoms with E-state index < -0.39 is 6.10 Å². The van der Waals surface area contributed by atoms with E-state index in [1.165, 1.54) is 0 Å². The van der Waals surface area contributed by atoms with Gasteiger partial charge in [-0.15, -0.1) is 5.10 Å². The van der Waals surface area contributed by atoms with E-state index in [1.807, 2.05) is 61.5 Å². The van der Waals surface area contributed by atoms with E-state index in [2.05, 4.69) is 10.3 Å². The van der Waals surface area contributed by atoms with Crippen molar-refractivity contribution in [3.8, 4) is 5.69 Å². The van der Waals surface area contributed by atoms with Crippen molar-refractivity contribution >= 4 is 0 Å². The Bertz CT molecular complexity index is 689. The van der Waals surface area contributed by atoms with Gasteiger partial charge in [0.25, 0.3) is 0 Å². The van der Waals surface area contributed by atoms with Gasteiger partial charge in [0.15, 0.2) is 0 Å². The van der Waals surface area contributed by atoms with Crippen LogP contribution in [0.2, 0.25) is 0 Å². The van der Waals surface area contributed by atoms with E-state index in [9.17, 15) is 5.11 Å². The summed E-state index contributed by atoms with van der Waals surface area (Å²) in [7, 11) is 0. The fraction of sp³-hybridized carbons (Fsp3) is 0.125. The third kappa shape index (κ3) is 2.33. The molecule has 0 saturated heterocycles. The molecule has 2 aromatic carbocycles. The minimum atomic E-state index is -0.745. The second-order valence-electron chi connectivity index (χ2n) is 4.72. The van der Waals surface area contributed by atoms with Crippen LogP contribution < -0.4 is 0 Å². The molecule has 0 radical (unpaired) electrons. The van der Waals surface area contributed by atoms with Crippen LogP contribution in [0.3, 0.4) is 0 Å². The van der Waals surface area contributed by atoms with Crippen molar-refractivity contribution in [1.29, 1.82) is 0 Å². The van der Waals surface area contributed by atoms with Gasteiger partial charge in [0.05, 0.1) is 17.6 Å². The standard InChI is InChI=1S/C16H15N3O/c1-12-7-9-13(10-8-12)16(20)15-11-17-18-19(15)14-5-3-2-4-6-14/h2-11,16,20H,1H3. The highest BCUT2D eigenvalue weighted by molar-refractivity contribution is 5.35. The van der Waals surface area contributed by atoms with Crippen LogP contribution in [0.1, 0.15) is 22.9 Å². The summed E-state index contributed by atoms with van der Waals surface area (Å²) in [4.78, 5) is 0. The molecule has 0 bridgehead atoms. The smallest absolute Gasteiger partial charge is 0.123 e. The molecule has 0 aliphatic heterocycles. The van der Waals surface area contributed by atoms with Crippen LogP contribution in [0.15, 0.2) is 60.8 Å². The minimum absolute atomic E-state index is 0.653. The molecule has 1 atom stereocenters. The molecule has 3 aromatic rings. The molecule has 4 nitrogen and oxygen atoms in total. The van der Waals surface area contributed by atoms with Gasteiger partial charge in [0, 0.05) is 0 Å². The van der Waals surface area contributed by atoms with E-state index in [4.69, 9.17) is 0 Å². The van der Waals surface area contributed by atoms with Crippen LogP contribution in [0.25, 0.3) is 5.69 Å². The van der Waals surface area contributed by atoms with Crippen LogP contribution in [0.5, 0.6) is 0 Å². The van der Waals surface area contributed by atoms with Gasteiger partial charge in [0.1, 0.15) is 6.10 Å². The Kier molecular flexibility index (Phi) is 3.31. The number of aliphatic hydroxyl groups is 1. The molecule has 4 heteroatoms. The first-order valence-corrected chi connectivity index (χ1v) is 6.46. The molecule has 1 heterocycles. The average Bonchev–Trinajstić information content (AvgIpc) is 2.97. The summed E-state index contributed by atoms with van der Waals surface area (Å²) in [6, 6.07) is 17.5. The van der Waals surface area contributed by atoms with Gasteiger partial charge in [-0.2, -0.15) is 0 Å². The van der Waals surface area contributed by atoms with Gasteiger partial charge >= 0.3 is 0 Å². The molecule has 0 aliphatic rings. The van der Waals surface area contributed by atoms with E-state index >= 15 is 0 Å². The number of nitrogens with zero attached hydrogens (tertiary/aromatic N) is 3. The molecule has 20 heavy (non-hydrogen) atoms. The maximum atomic E-state index is 10.5. The topological polar surface area (TPSA) is 50.9 Å². The van der Waals surface area contributed by atoms with Crippen molar-refractivity contribution in [2.24, 2.45) is 0 Å². The molecule has 0 fully saturated rings. The molecule has 1 aromatic heterocycles. The molecular weight excluding hydrogens is 250 g/mol. The SMILES string of the molecule is Cc1ccc(C(O)c2cnnn2-c2ccccc2)cc1. The molecule has 0 aliphatic carbocycles. The summed E-state index contributed by atoms with van der Waals surface area (Å²) in [5.74, 6) is 0. The monoisotopic (exact) mass is 265 g/mol. The maximum Gasteiger partial charge on any atom is 0.123 e. The Morgan fingerprint density at radius 3 is 2.40 bits per heavy atom. The lowest BCUT2D eigenvalue weighted by atomic mass is 10.1. The predicted octanol–water partition coefficient (Wildman–Crippen LogP) is 2.66. The molecule has 100 valence electrons. The largest absolute Gasteiger partial charge is 0.382 e. The third-order valence-corrected chi connectivity index (χ3v) is 3.25. The van der Waals surface area contributed by atoms with Crippen LogP contribution in [-0.4, -0.2) is 20.1 Å².